The second-order valence-corrected chi connectivity index (χ2v) is 16.4. The Kier molecular flexibility index (Phi) is 14.5. The molecular formula is C36H66N2O13. The van der Waals surface area contributed by atoms with Crippen LogP contribution in [0.4, 0.5) is 0 Å². The third-order valence-corrected chi connectivity index (χ3v) is 11.5. The molecule has 0 aromatic carbocycles. The highest BCUT2D eigenvalue weighted by Gasteiger charge is 2.53. The van der Waals surface area contributed by atoms with Gasteiger partial charge in [0.25, 0.3) is 0 Å². The molecule has 18 atom stereocenters. The number of likely N-dealkylation sites (N-methyl/N-ethyl adjacent to an activating group) is 1. The van der Waals surface area contributed by atoms with E-state index in [1.54, 1.807) is 41.5 Å². The predicted octanol–water partition coefficient (Wildman–Crippen LogP) is 1.39. The van der Waals surface area contributed by atoms with Crippen LogP contribution in [0.15, 0.2) is 5.16 Å². The Bertz CT molecular complexity index is 1180. The highest BCUT2D eigenvalue weighted by atomic mass is 16.7. The average Bonchev–Trinajstić information content (AvgIpc) is 3.02. The molecule has 0 saturated carbocycles. The summed E-state index contributed by atoms with van der Waals surface area (Å²) in [4.78, 5) is 15.9. The number of cyclic esters (lactones) is 1. The SMILES string of the molecule is CC[C@H]1OC(=O)[C@H](C)[C@@H](O[C@H]2C[C@@](C)(O)[C@@H](O)[C@H](C)O2)[C@H](C)[C@@H](O[C@@H]2O[C@H](C)C[C@H](N(C)C)[C@H]2O)[C@](C)(O)C[C@@H](C)/C(=N\O)[C@H](C)[C@@H](O)[C@]1(C)O. The van der Waals surface area contributed by atoms with Gasteiger partial charge in [-0.3, -0.25) is 4.79 Å². The number of rotatable bonds is 6. The normalized spacial score (nSPS) is 50.5. The van der Waals surface area contributed by atoms with E-state index >= 15 is 0 Å². The predicted molar refractivity (Wildman–Crippen MR) is 186 cm³/mol. The molecule has 0 amide bonds. The van der Waals surface area contributed by atoms with Crippen molar-refractivity contribution in [2.24, 2.45) is 28.8 Å². The second kappa shape index (κ2) is 16.9. The van der Waals surface area contributed by atoms with Crippen molar-refractivity contribution < 1.29 is 64.3 Å². The number of aliphatic hydroxyl groups excluding tert-OH is 3. The number of hydrogen-bond acceptors (Lipinski definition) is 15. The lowest BCUT2D eigenvalue weighted by atomic mass is 9.73. The number of aliphatic hydroxyl groups is 6. The van der Waals surface area contributed by atoms with Gasteiger partial charge in [0.05, 0.1) is 53.4 Å². The molecule has 0 aromatic heterocycles. The lowest BCUT2D eigenvalue weighted by Gasteiger charge is -2.48. The smallest absolute Gasteiger partial charge is 0.311 e. The zero-order chi connectivity index (χ0) is 39.0. The van der Waals surface area contributed by atoms with Crippen molar-refractivity contribution in [2.45, 2.75) is 179 Å². The van der Waals surface area contributed by atoms with Gasteiger partial charge in [0.1, 0.15) is 23.9 Å². The highest BCUT2D eigenvalue weighted by Crippen LogP contribution is 2.40. The van der Waals surface area contributed by atoms with E-state index < -0.39 is 102 Å². The van der Waals surface area contributed by atoms with Crippen molar-refractivity contribution in [2.75, 3.05) is 14.1 Å². The topological polar surface area (TPSA) is 220 Å². The molecule has 7 N–H and O–H groups in total. The molecule has 298 valence electrons. The van der Waals surface area contributed by atoms with E-state index in [4.69, 9.17) is 23.7 Å². The Labute approximate surface area is 302 Å². The first-order valence-corrected chi connectivity index (χ1v) is 18.3. The Morgan fingerprint density at radius 1 is 0.882 bits per heavy atom. The maximum Gasteiger partial charge on any atom is 0.311 e. The first kappa shape index (κ1) is 43.9. The van der Waals surface area contributed by atoms with Crippen molar-refractivity contribution in [3.05, 3.63) is 0 Å². The minimum Gasteiger partial charge on any atom is -0.459 e. The quantitative estimate of drug-likeness (QED) is 0.117. The molecule has 15 nitrogen and oxygen atoms in total. The molecule has 0 unspecified atom stereocenters. The fourth-order valence-corrected chi connectivity index (χ4v) is 8.42. The van der Waals surface area contributed by atoms with E-state index in [0.717, 1.165) is 0 Å². The summed E-state index contributed by atoms with van der Waals surface area (Å²) in [7, 11) is 3.68. The molecule has 0 aliphatic carbocycles. The summed E-state index contributed by atoms with van der Waals surface area (Å²) in [5.41, 5.74) is -5.27. The van der Waals surface area contributed by atoms with Crippen LogP contribution in [-0.4, -0.2) is 151 Å². The molecule has 0 aromatic rings. The number of carbonyl (C=O) groups excluding carboxylic acids is 1. The Balaban J connectivity index is 2.20. The van der Waals surface area contributed by atoms with Gasteiger partial charge in [0, 0.05) is 30.2 Å². The first-order chi connectivity index (χ1) is 23.4. The van der Waals surface area contributed by atoms with Crippen molar-refractivity contribution in [1.29, 1.82) is 0 Å². The van der Waals surface area contributed by atoms with Crippen LogP contribution < -0.4 is 0 Å². The van der Waals surface area contributed by atoms with Crippen LogP contribution in [0.1, 0.15) is 94.9 Å². The van der Waals surface area contributed by atoms with Gasteiger partial charge in [-0.2, -0.15) is 0 Å². The largest absolute Gasteiger partial charge is 0.459 e. The van der Waals surface area contributed by atoms with Crippen molar-refractivity contribution in [1.82, 2.24) is 4.90 Å². The fourth-order valence-electron chi connectivity index (χ4n) is 8.42. The highest BCUT2D eigenvalue weighted by molar-refractivity contribution is 5.88. The molecule has 51 heavy (non-hydrogen) atoms. The van der Waals surface area contributed by atoms with Gasteiger partial charge in [-0.05, 0) is 74.9 Å². The van der Waals surface area contributed by atoms with E-state index in [-0.39, 0.29) is 37.1 Å². The van der Waals surface area contributed by atoms with Crippen LogP contribution in [0, 0.1) is 23.7 Å². The number of carbonyl (C=O) groups is 1. The minimum absolute atomic E-state index is 0.0866. The van der Waals surface area contributed by atoms with Crippen LogP contribution in [0.2, 0.25) is 0 Å². The number of esters is 1. The van der Waals surface area contributed by atoms with Crippen LogP contribution in [0.25, 0.3) is 0 Å². The van der Waals surface area contributed by atoms with Gasteiger partial charge in [0.2, 0.25) is 0 Å². The zero-order valence-corrected chi connectivity index (χ0v) is 32.5. The Hall–Kier alpha value is -1.50. The molecule has 3 aliphatic rings. The maximum atomic E-state index is 14.1. The van der Waals surface area contributed by atoms with Crippen molar-refractivity contribution in [3.8, 4) is 0 Å². The summed E-state index contributed by atoms with van der Waals surface area (Å²) < 4.78 is 31.1. The first-order valence-electron chi connectivity index (χ1n) is 18.3. The van der Waals surface area contributed by atoms with Crippen molar-refractivity contribution in [3.63, 3.8) is 0 Å². The van der Waals surface area contributed by atoms with E-state index in [1.807, 2.05) is 25.9 Å². The Morgan fingerprint density at radius 2 is 1.49 bits per heavy atom. The molecule has 0 bridgehead atoms. The molecular weight excluding hydrogens is 668 g/mol. The minimum atomic E-state index is -1.98. The summed E-state index contributed by atoms with van der Waals surface area (Å²) in [5.74, 6) is -4.38. The lowest BCUT2D eigenvalue weighted by molar-refractivity contribution is -0.316. The van der Waals surface area contributed by atoms with Gasteiger partial charge in [-0.15, -0.1) is 0 Å². The number of hydrogen-bond donors (Lipinski definition) is 7. The number of ether oxygens (including phenoxy) is 5. The van der Waals surface area contributed by atoms with Gasteiger partial charge in [-0.25, -0.2) is 0 Å². The standard InChI is InChI=1S/C36H66N2O13/c1-13-24-36(10,45)29(40)19(4)26(37-46)17(2)15-35(9,44)31(51-33-27(39)23(38(11)12)14-18(3)47-33)20(5)28(21(6)32(42)49-24)50-25-16-34(8,43)30(41)22(7)48-25/h17-25,27-31,33,39-41,43-46H,13-16H2,1-12H3/b37-26+/t17-,18-,19+,20+,21-,22+,23+,24-,25+,27-,28+,29-,30+,31-,33+,34-,35-,36-/m1/s1. The molecule has 3 aliphatic heterocycles. The van der Waals surface area contributed by atoms with Crippen LogP contribution >= 0.6 is 0 Å². The summed E-state index contributed by atoms with van der Waals surface area (Å²) in [6.07, 6.45) is -10.5. The summed E-state index contributed by atoms with van der Waals surface area (Å²) >= 11 is 0. The number of nitrogens with zero attached hydrogens (tertiary/aromatic N) is 2. The molecule has 3 saturated heterocycles. The second-order valence-electron chi connectivity index (χ2n) is 16.4. The molecule has 3 heterocycles. The van der Waals surface area contributed by atoms with Crippen LogP contribution in [0.3, 0.4) is 0 Å². The lowest BCUT2D eigenvalue weighted by Crippen LogP contribution is -2.61. The van der Waals surface area contributed by atoms with Gasteiger partial charge in [0.15, 0.2) is 12.6 Å². The summed E-state index contributed by atoms with van der Waals surface area (Å²) in [6, 6.07) is -0.336. The third-order valence-electron chi connectivity index (χ3n) is 11.5. The van der Waals surface area contributed by atoms with Crippen LogP contribution in [0.5, 0.6) is 0 Å². The third kappa shape index (κ3) is 9.60. The molecule has 3 fully saturated rings. The van der Waals surface area contributed by atoms with E-state index in [2.05, 4.69) is 5.16 Å². The average molecular weight is 735 g/mol. The molecule has 0 spiro atoms. The Morgan fingerprint density at radius 3 is 2.02 bits per heavy atom. The monoisotopic (exact) mass is 734 g/mol. The van der Waals surface area contributed by atoms with Crippen molar-refractivity contribution >= 4 is 11.7 Å². The van der Waals surface area contributed by atoms with E-state index in [0.29, 0.717) is 6.42 Å². The fraction of sp³-hybridized carbons (Fsp3) is 0.944. The maximum absolute atomic E-state index is 14.1. The zero-order valence-electron chi connectivity index (χ0n) is 32.5. The van der Waals surface area contributed by atoms with Gasteiger partial charge >= 0.3 is 5.97 Å². The van der Waals surface area contributed by atoms with Gasteiger partial charge in [-0.1, -0.05) is 32.9 Å². The molecule has 0 radical (unpaired) electrons. The van der Waals surface area contributed by atoms with Crippen LogP contribution in [-0.2, 0) is 28.5 Å². The number of oxime groups is 1. The van der Waals surface area contributed by atoms with E-state index in [1.165, 1.54) is 20.8 Å². The van der Waals surface area contributed by atoms with Gasteiger partial charge < -0.3 is 64.4 Å². The van der Waals surface area contributed by atoms with E-state index in [9.17, 15) is 40.6 Å². The molecule has 15 heteroatoms. The summed E-state index contributed by atoms with van der Waals surface area (Å²) in [6.45, 7) is 16.1. The summed E-state index contributed by atoms with van der Waals surface area (Å²) in [5, 5.41) is 82.3. The molecule has 3 rings (SSSR count).